The van der Waals surface area contributed by atoms with Gasteiger partial charge < -0.3 is 0 Å². The van der Waals surface area contributed by atoms with Gasteiger partial charge in [0, 0.05) is 17.1 Å². The van der Waals surface area contributed by atoms with E-state index in [0.717, 1.165) is 28.8 Å². The van der Waals surface area contributed by atoms with Gasteiger partial charge in [-0.25, -0.2) is 0 Å². The molecule has 0 radical (unpaired) electrons. The van der Waals surface area contributed by atoms with E-state index >= 15 is 0 Å². The predicted octanol–water partition coefficient (Wildman–Crippen LogP) is 3.28. The quantitative estimate of drug-likeness (QED) is 0.743. The molecular formula is C14H12BrN3. The van der Waals surface area contributed by atoms with Crippen LogP contribution < -0.4 is 0 Å². The highest BCUT2D eigenvalue weighted by molar-refractivity contribution is 9.10. The fourth-order valence-corrected chi connectivity index (χ4v) is 2.31. The first-order chi connectivity index (χ1) is 8.83. The molecule has 0 saturated heterocycles. The Morgan fingerprint density at radius 2 is 1.83 bits per heavy atom. The third kappa shape index (κ3) is 2.29. The lowest BCUT2D eigenvalue weighted by Crippen LogP contribution is -1.97. The largest absolute Gasteiger partial charge is 0.286 e. The van der Waals surface area contributed by atoms with Gasteiger partial charge in [0.2, 0.25) is 0 Å². The molecule has 3 aromatic rings. The monoisotopic (exact) mass is 301 g/mol. The van der Waals surface area contributed by atoms with Crippen LogP contribution in [0, 0.1) is 0 Å². The highest BCUT2D eigenvalue weighted by atomic mass is 79.9. The van der Waals surface area contributed by atoms with Crippen LogP contribution >= 0.6 is 15.9 Å². The second-order valence-electron chi connectivity index (χ2n) is 4.17. The summed E-state index contributed by atoms with van der Waals surface area (Å²) in [5, 5.41) is 8.42. The van der Waals surface area contributed by atoms with Crippen LogP contribution in [0.2, 0.25) is 0 Å². The Morgan fingerprint density at radius 3 is 2.67 bits per heavy atom. The summed E-state index contributed by atoms with van der Waals surface area (Å²) in [5.74, 6) is 1.00. The molecule has 3 rings (SSSR count). The molecule has 0 atom stereocenters. The summed E-state index contributed by atoms with van der Waals surface area (Å²) < 4.78 is 3.06. The average Bonchev–Trinajstić information content (AvgIpc) is 2.80. The Labute approximate surface area is 114 Å². The van der Waals surface area contributed by atoms with Crippen molar-refractivity contribution in [3.63, 3.8) is 0 Å². The summed E-state index contributed by atoms with van der Waals surface area (Å²) in [7, 11) is 0. The Bertz CT molecular complexity index is 661. The van der Waals surface area contributed by atoms with Gasteiger partial charge in [0.1, 0.15) is 5.82 Å². The Morgan fingerprint density at radius 1 is 1.00 bits per heavy atom. The number of fused-ring (bicyclic) bond motifs is 1. The molecule has 0 aliphatic rings. The molecule has 0 N–H and O–H groups in total. The lowest BCUT2D eigenvalue weighted by atomic mass is 10.1. The fraction of sp³-hybridized carbons (Fsp3) is 0.143. The first kappa shape index (κ1) is 11.4. The van der Waals surface area contributed by atoms with Crippen LogP contribution in [-0.2, 0) is 12.8 Å². The molecule has 0 bridgehead atoms. The van der Waals surface area contributed by atoms with Crippen molar-refractivity contribution in [3.05, 3.63) is 64.5 Å². The Hall–Kier alpha value is -1.68. The average molecular weight is 302 g/mol. The van der Waals surface area contributed by atoms with Gasteiger partial charge in [-0.3, -0.25) is 4.40 Å². The van der Waals surface area contributed by atoms with Crippen molar-refractivity contribution in [1.82, 2.24) is 14.6 Å². The minimum atomic E-state index is 0.882. The van der Waals surface area contributed by atoms with E-state index in [9.17, 15) is 0 Å². The number of rotatable bonds is 3. The highest BCUT2D eigenvalue weighted by Gasteiger charge is 2.05. The maximum absolute atomic E-state index is 4.24. The zero-order valence-corrected chi connectivity index (χ0v) is 11.3. The lowest BCUT2D eigenvalue weighted by Gasteiger charge is -2.01. The van der Waals surface area contributed by atoms with Gasteiger partial charge in [0.15, 0.2) is 5.65 Å². The van der Waals surface area contributed by atoms with Crippen molar-refractivity contribution >= 4 is 21.6 Å². The molecule has 3 nitrogen and oxygen atoms in total. The smallest absolute Gasteiger partial charge is 0.161 e. The van der Waals surface area contributed by atoms with Gasteiger partial charge in [0.25, 0.3) is 0 Å². The van der Waals surface area contributed by atoms with Gasteiger partial charge in [-0.15, -0.1) is 10.2 Å². The summed E-state index contributed by atoms with van der Waals surface area (Å²) in [5.41, 5.74) is 2.21. The van der Waals surface area contributed by atoms with E-state index < -0.39 is 0 Å². The summed E-state index contributed by atoms with van der Waals surface area (Å²) in [4.78, 5) is 0. The van der Waals surface area contributed by atoms with Crippen molar-refractivity contribution in [2.45, 2.75) is 12.8 Å². The van der Waals surface area contributed by atoms with Gasteiger partial charge in [0.05, 0.1) is 0 Å². The normalized spacial score (nSPS) is 10.9. The number of pyridine rings is 1. The van der Waals surface area contributed by atoms with Crippen LogP contribution in [-0.4, -0.2) is 14.6 Å². The minimum absolute atomic E-state index is 0.882. The molecule has 0 aliphatic heterocycles. The van der Waals surface area contributed by atoms with Crippen molar-refractivity contribution in [1.29, 1.82) is 0 Å². The number of hydrogen-bond acceptors (Lipinski definition) is 2. The third-order valence-electron chi connectivity index (χ3n) is 2.92. The number of nitrogens with zero attached hydrogens (tertiary/aromatic N) is 3. The van der Waals surface area contributed by atoms with E-state index in [1.165, 1.54) is 5.56 Å². The van der Waals surface area contributed by atoms with E-state index in [1.807, 2.05) is 28.8 Å². The molecule has 0 aliphatic carbocycles. The molecule has 90 valence electrons. The molecule has 0 saturated carbocycles. The maximum atomic E-state index is 4.24. The second-order valence-corrected chi connectivity index (χ2v) is 5.09. The van der Waals surface area contributed by atoms with Gasteiger partial charge in [-0.05, 0) is 24.1 Å². The van der Waals surface area contributed by atoms with Crippen molar-refractivity contribution in [2.24, 2.45) is 0 Å². The van der Waals surface area contributed by atoms with Crippen LogP contribution in [0.5, 0.6) is 0 Å². The van der Waals surface area contributed by atoms with Crippen LogP contribution in [0.25, 0.3) is 5.65 Å². The van der Waals surface area contributed by atoms with E-state index in [4.69, 9.17) is 0 Å². The zero-order valence-electron chi connectivity index (χ0n) is 9.75. The molecule has 0 amide bonds. The first-order valence-electron chi connectivity index (χ1n) is 5.86. The molecular weight excluding hydrogens is 290 g/mol. The second kappa shape index (κ2) is 4.90. The molecule has 0 unspecified atom stereocenters. The number of halogens is 1. The molecule has 2 aromatic heterocycles. The van der Waals surface area contributed by atoms with Crippen molar-refractivity contribution in [3.8, 4) is 0 Å². The Balaban J connectivity index is 1.83. The fourth-order valence-electron chi connectivity index (χ4n) is 1.99. The summed E-state index contributed by atoms with van der Waals surface area (Å²) in [6.45, 7) is 0. The summed E-state index contributed by atoms with van der Waals surface area (Å²) in [6, 6.07) is 14.4. The van der Waals surface area contributed by atoms with E-state index in [2.05, 4.69) is 50.4 Å². The van der Waals surface area contributed by atoms with E-state index in [1.54, 1.807) is 0 Å². The molecule has 4 heteroatoms. The maximum Gasteiger partial charge on any atom is 0.161 e. The molecule has 0 spiro atoms. The molecule has 18 heavy (non-hydrogen) atoms. The van der Waals surface area contributed by atoms with Gasteiger partial charge in [-0.1, -0.05) is 46.3 Å². The van der Waals surface area contributed by atoms with Crippen LogP contribution in [0.15, 0.2) is 53.1 Å². The van der Waals surface area contributed by atoms with Crippen molar-refractivity contribution in [2.75, 3.05) is 0 Å². The van der Waals surface area contributed by atoms with Crippen LogP contribution in [0.1, 0.15) is 11.4 Å². The number of aryl methyl sites for hydroxylation is 2. The Kier molecular flexibility index (Phi) is 3.11. The van der Waals surface area contributed by atoms with E-state index in [0.29, 0.717) is 0 Å². The van der Waals surface area contributed by atoms with E-state index in [-0.39, 0.29) is 0 Å². The molecule has 0 fully saturated rings. The number of aromatic nitrogens is 3. The SMILES string of the molecule is Brc1ccn2c(CCc3ccccc3)nnc2c1. The minimum Gasteiger partial charge on any atom is -0.286 e. The number of hydrogen-bond donors (Lipinski definition) is 0. The summed E-state index contributed by atoms with van der Waals surface area (Å²) in [6.07, 6.45) is 3.88. The van der Waals surface area contributed by atoms with Gasteiger partial charge in [-0.2, -0.15) is 0 Å². The van der Waals surface area contributed by atoms with Gasteiger partial charge >= 0.3 is 0 Å². The lowest BCUT2D eigenvalue weighted by molar-refractivity contribution is 0.839. The molecule has 1 aromatic carbocycles. The standard InChI is InChI=1S/C14H12BrN3/c15-12-8-9-18-13(16-17-14(18)10-12)7-6-11-4-2-1-3-5-11/h1-5,8-10H,6-7H2. The highest BCUT2D eigenvalue weighted by Crippen LogP contribution is 2.13. The third-order valence-corrected chi connectivity index (χ3v) is 3.42. The topological polar surface area (TPSA) is 30.2 Å². The zero-order chi connectivity index (χ0) is 12.4. The summed E-state index contributed by atoms with van der Waals surface area (Å²) >= 11 is 3.44. The number of benzene rings is 1. The molecule has 2 heterocycles. The van der Waals surface area contributed by atoms with Crippen LogP contribution in [0.4, 0.5) is 0 Å². The van der Waals surface area contributed by atoms with Crippen molar-refractivity contribution < 1.29 is 0 Å². The predicted molar refractivity (Wildman–Crippen MR) is 74.5 cm³/mol. The first-order valence-corrected chi connectivity index (χ1v) is 6.65. The van der Waals surface area contributed by atoms with Crippen LogP contribution in [0.3, 0.4) is 0 Å².